The average molecular weight is 301 g/mol. The summed E-state index contributed by atoms with van der Waals surface area (Å²) in [7, 11) is 0. The summed E-state index contributed by atoms with van der Waals surface area (Å²) in [5, 5.41) is 2.77. The van der Waals surface area contributed by atoms with Crippen LogP contribution in [0.5, 0.6) is 0 Å². The average Bonchev–Trinajstić information content (AvgIpc) is 2.56. The zero-order valence-corrected chi connectivity index (χ0v) is 12.8. The van der Waals surface area contributed by atoms with Crippen molar-refractivity contribution in [2.45, 2.75) is 20.4 Å². The van der Waals surface area contributed by atoms with Crippen LogP contribution in [0.25, 0.3) is 0 Å². The lowest BCUT2D eigenvalue weighted by Crippen LogP contribution is -2.25. The van der Waals surface area contributed by atoms with E-state index in [1.54, 1.807) is 24.4 Å². The maximum atomic E-state index is 12.8. The third kappa shape index (κ3) is 4.04. The Morgan fingerprint density at radius 1 is 1.14 bits per heavy atom. The minimum atomic E-state index is -0.288. The molecule has 0 spiro atoms. The fourth-order valence-electron chi connectivity index (χ4n) is 2.17. The van der Waals surface area contributed by atoms with Gasteiger partial charge in [0.25, 0.3) is 5.91 Å². The van der Waals surface area contributed by atoms with Crippen LogP contribution in [0, 0.1) is 5.82 Å². The minimum absolute atomic E-state index is 0.240. The Hall–Kier alpha value is -2.43. The first kappa shape index (κ1) is 15.9. The Kier molecular flexibility index (Phi) is 5.47. The Bertz CT molecular complexity index is 607. The molecule has 2 aromatic rings. The monoisotopic (exact) mass is 301 g/mol. The topological polar surface area (TPSA) is 45.2 Å². The van der Waals surface area contributed by atoms with Crippen LogP contribution in [0.1, 0.15) is 29.9 Å². The van der Waals surface area contributed by atoms with Crippen LogP contribution < -0.4 is 10.2 Å². The van der Waals surface area contributed by atoms with Crippen LogP contribution >= 0.6 is 0 Å². The summed E-state index contributed by atoms with van der Waals surface area (Å²) in [5.41, 5.74) is 2.22. The molecule has 0 atom stereocenters. The fourth-order valence-corrected chi connectivity index (χ4v) is 2.17. The van der Waals surface area contributed by atoms with Gasteiger partial charge in [0.2, 0.25) is 0 Å². The van der Waals surface area contributed by atoms with E-state index in [9.17, 15) is 9.18 Å². The molecule has 4 nitrogen and oxygen atoms in total. The van der Waals surface area contributed by atoms with Gasteiger partial charge < -0.3 is 10.2 Å². The van der Waals surface area contributed by atoms with Crippen LogP contribution in [0.3, 0.4) is 0 Å². The van der Waals surface area contributed by atoms with E-state index in [1.807, 2.05) is 6.07 Å². The number of benzene rings is 1. The molecule has 0 bridgehead atoms. The quantitative estimate of drug-likeness (QED) is 0.892. The van der Waals surface area contributed by atoms with Crippen molar-refractivity contribution < 1.29 is 9.18 Å². The number of carbonyl (C=O) groups is 1. The molecule has 116 valence electrons. The molecule has 0 fully saturated rings. The molecule has 2 rings (SSSR count). The second-order valence-corrected chi connectivity index (χ2v) is 4.88. The van der Waals surface area contributed by atoms with E-state index in [1.165, 1.54) is 12.1 Å². The maximum absolute atomic E-state index is 12.8. The number of nitrogens with zero attached hydrogens (tertiary/aromatic N) is 2. The molecule has 22 heavy (non-hydrogen) atoms. The first-order valence-electron chi connectivity index (χ1n) is 7.37. The lowest BCUT2D eigenvalue weighted by molar-refractivity contribution is 0.0946. The van der Waals surface area contributed by atoms with E-state index in [0.717, 1.165) is 24.3 Å². The van der Waals surface area contributed by atoms with Crippen molar-refractivity contribution in [3.05, 3.63) is 59.7 Å². The van der Waals surface area contributed by atoms with E-state index >= 15 is 0 Å². The first-order valence-corrected chi connectivity index (χ1v) is 7.37. The molecular weight excluding hydrogens is 281 g/mol. The van der Waals surface area contributed by atoms with E-state index in [0.29, 0.717) is 12.2 Å². The Morgan fingerprint density at radius 3 is 2.36 bits per heavy atom. The number of nitrogens with one attached hydrogen (secondary N) is 1. The first-order chi connectivity index (χ1) is 10.6. The molecular formula is C17H20FN3O. The second kappa shape index (κ2) is 7.54. The van der Waals surface area contributed by atoms with Gasteiger partial charge in [-0.2, -0.15) is 0 Å². The minimum Gasteiger partial charge on any atom is -0.371 e. The number of hydrogen-bond donors (Lipinski definition) is 1. The molecule has 1 amide bonds. The van der Waals surface area contributed by atoms with Crippen LogP contribution in [0.2, 0.25) is 0 Å². The van der Waals surface area contributed by atoms with Gasteiger partial charge in [0.15, 0.2) is 0 Å². The molecule has 1 aromatic heterocycles. The summed E-state index contributed by atoms with van der Waals surface area (Å²) in [5.74, 6) is -0.529. The molecule has 0 radical (unpaired) electrons. The van der Waals surface area contributed by atoms with E-state index < -0.39 is 0 Å². The zero-order valence-electron chi connectivity index (χ0n) is 12.8. The summed E-state index contributed by atoms with van der Waals surface area (Å²) < 4.78 is 12.8. The molecule has 0 unspecified atom stereocenters. The van der Waals surface area contributed by atoms with Gasteiger partial charge in [0.1, 0.15) is 11.5 Å². The summed E-state index contributed by atoms with van der Waals surface area (Å²) >= 11 is 0. The Labute approximate surface area is 130 Å². The summed E-state index contributed by atoms with van der Waals surface area (Å²) in [6, 6.07) is 9.65. The molecule has 1 heterocycles. The fraction of sp³-hybridized carbons (Fsp3) is 0.294. The van der Waals surface area contributed by atoms with Crippen LogP contribution in [0.15, 0.2) is 42.6 Å². The second-order valence-electron chi connectivity index (χ2n) is 4.88. The number of hydrogen-bond acceptors (Lipinski definition) is 3. The van der Waals surface area contributed by atoms with E-state index in [-0.39, 0.29) is 11.7 Å². The third-order valence-corrected chi connectivity index (χ3v) is 3.48. The van der Waals surface area contributed by atoms with Crippen molar-refractivity contribution in [3.8, 4) is 0 Å². The van der Waals surface area contributed by atoms with Gasteiger partial charge >= 0.3 is 0 Å². The Morgan fingerprint density at radius 2 is 1.82 bits per heavy atom. The number of carbonyl (C=O) groups excluding carboxylic acids is 1. The predicted molar refractivity (Wildman–Crippen MR) is 85.4 cm³/mol. The lowest BCUT2D eigenvalue weighted by Gasteiger charge is -2.20. The number of anilines is 1. The van der Waals surface area contributed by atoms with Crippen molar-refractivity contribution in [3.63, 3.8) is 0 Å². The van der Waals surface area contributed by atoms with Gasteiger partial charge in [0.05, 0.1) is 11.9 Å². The number of pyridine rings is 1. The number of amides is 1. The van der Waals surface area contributed by atoms with Crippen molar-refractivity contribution in [2.24, 2.45) is 0 Å². The van der Waals surface area contributed by atoms with Crippen LogP contribution in [-0.4, -0.2) is 24.0 Å². The molecule has 5 heteroatoms. The molecule has 1 N–H and O–H groups in total. The lowest BCUT2D eigenvalue weighted by atomic mass is 10.2. The zero-order chi connectivity index (χ0) is 15.9. The number of halogens is 1. The molecule has 0 aliphatic heterocycles. The molecule has 0 saturated carbocycles. The highest BCUT2D eigenvalue weighted by atomic mass is 19.1. The number of rotatable bonds is 6. The van der Waals surface area contributed by atoms with Gasteiger partial charge in [-0.25, -0.2) is 9.37 Å². The predicted octanol–water partition coefficient (Wildman–Crippen LogP) is 3.00. The van der Waals surface area contributed by atoms with Crippen molar-refractivity contribution in [1.29, 1.82) is 0 Å². The van der Waals surface area contributed by atoms with Crippen molar-refractivity contribution in [1.82, 2.24) is 10.3 Å². The van der Waals surface area contributed by atoms with E-state index in [2.05, 4.69) is 29.0 Å². The van der Waals surface area contributed by atoms with Gasteiger partial charge in [-0.05, 0) is 43.7 Å². The largest absolute Gasteiger partial charge is 0.371 e. The van der Waals surface area contributed by atoms with Crippen molar-refractivity contribution >= 4 is 11.6 Å². The van der Waals surface area contributed by atoms with Gasteiger partial charge in [0, 0.05) is 19.6 Å². The van der Waals surface area contributed by atoms with E-state index in [4.69, 9.17) is 0 Å². The highest BCUT2D eigenvalue weighted by molar-refractivity contribution is 5.92. The highest BCUT2D eigenvalue weighted by Crippen LogP contribution is 2.12. The molecule has 0 aliphatic carbocycles. The van der Waals surface area contributed by atoms with Crippen LogP contribution in [0.4, 0.5) is 10.1 Å². The molecule has 0 aliphatic rings. The standard InChI is InChI=1S/C17H20FN3O/c1-3-21(4-2)15-9-10-16(19-12-15)17(22)20-11-13-5-7-14(18)8-6-13/h5-10,12H,3-4,11H2,1-2H3,(H,20,22). The van der Waals surface area contributed by atoms with Crippen molar-refractivity contribution in [2.75, 3.05) is 18.0 Å². The highest BCUT2D eigenvalue weighted by Gasteiger charge is 2.08. The summed E-state index contributed by atoms with van der Waals surface area (Å²) in [6.07, 6.45) is 1.71. The van der Waals surface area contributed by atoms with Crippen LogP contribution in [-0.2, 0) is 6.54 Å². The SMILES string of the molecule is CCN(CC)c1ccc(C(=O)NCc2ccc(F)cc2)nc1. The van der Waals surface area contributed by atoms with Gasteiger partial charge in [-0.15, -0.1) is 0 Å². The smallest absolute Gasteiger partial charge is 0.270 e. The molecule has 0 saturated heterocycles. The third-order valence-electron chi connectivity index (χ3n) is 3.48. The number of aromatic nitrogens is 1. The summed E-state index contributed by atoms with van der Waals surface area (Å²) in [6.45, 7) is 6.29. The normalized spacial score (nSPS) is 10.3. The Balaban J connectivity index is 1.96. The molecule has 1 aromatic carbocycles. The maximum Gasteiger partial charge on any atom is 0.270 e. The summed E-state index contributed by atoms with van der Waals surface area (Å²) in [4.78, 5) is 18.4. The van der Waals surface area contributed by atoms with Gasteiger partial charge in [-0.3, -0.25) is 4.79 Å². The van der Waals surface area contributed by atoms with Gasteiger partial charge in [-0.1, -0.05) is 12.1 Å².